The fourth-order valence-electron chi connectivity index (χ4n) is 3.22. The molecule has 2 heterocycles. The molecular weight excluding hydrogens is 354 g/mol. The van der Waals surface area contributed by atoms with Gasteiger partial charge in [-0.05, 0) is 36.8 Å². The van der Waals surface area contributed by atoms with Gasteiger partial charge in [0.25, 0.3) is 0 Å². The average molecular weight is 375 g/mol. The Labute approximate surface area is 162 Å². The number of nitrogens with one attached hydrogen (secondary N) is 1. The molecule has 0 aliphatic rings. The normalized spacial score (nSPS) is 12.1. The third-order valence-corrected chi connectivity index (χ3v) is 4.79. The minimum atomic E-state index is -0.0948. The summed E-state index contributed by atoms with van der Waals surface area (Å²) in [5.41, 5.74) is 3.64. The molecule has 0 saturated heterocycles. The van der Waals surface area contributed by atoms with Crippen LogP contribution in [0, 0.1) is 0 Å². The van der Waals surface area contributed by atoms with Gasteiger partial charge in [0.15, 0.2) is 0 Å². The molecule has 0 spiro atoms. The van der Waals surface area contributed by atoms with Gasteiger partial charge in [-0.2, -0.15) is 0 Å². The Bertz CT molecular complexity index is 1080. The van der Waals surface area contributed by atoms with Gasteiger partial charge in [0.1, 0.15) is 11.3 Å². The number of methoxy groups -OCH3 is 1. The summed E-state index contributed by atoms with van der Waals surface area (Å²) in [6.07, 6.45) is 7.29. The van der Waals surface area contributed by atoms with Crippen LogP contribution in [0.3, 0.4) is 0 Å². The number of nitrogens with zero attached hydrogens (tertiary/aromatic N) is 2. The van der Waals surface area contributed by atoms with Crippen molar-refractivity contribution in [2.75, 3.05) is 7.11 Å². The quantitative estimate of drug-likeness (QED) is 0.552. The lowest BCUT2D eigenvalue weighted by atomic mass is 10.1. The van der Waals surface area contributed by atoms with E-state index in [0.29, 0.717) is 5.58 Å². The summed E-state index contributed by atoms with van der Waals surface area (Å²) in [4.78, 5) is 16.6. The predicted molar refractivity (Wildman–Crippen MR) is 107 cm³/mol. The van der Waals surface area contributed by atoms with Gasteiger partial charge in [-0.3, -0.25) is 4.79 Å². The first kappa shape index (κ1) is 17.9. The lowest BCUT2D eigenvalue weighted by molar-refractivity contribution is -0.121. The molecule has 0 bridgehead atoms. The number of carbonyl (C=O) groups excluding carboxylic acids is 1. The van der Waals surface area contributed by atoms with Crippen molar-refractivity contribution in [3.8, 4) is 11.4 Å². The number of imidazole rings is 1. The molecule has 28 heavy (non-hydrogen) atoms. The van der Waals surface area contributed by atoms with Crippen molar-refractivity contribution in [3.63, 3.8) is 0 Å². The van der Waals surface area contributed by atoms with Crippen LogP contribution >= 0.6 is 0 Å². The van der Waals surface area contributed by atoms with Gasteiger partial charge < -0.3 is 19.0 Å². The number of ether oxygens (including phenoxy) is 1. The third-order valence-electron chi connectivity index (χ3n) is 4.79. The molecule has 0 radical (unpaired) electrons. The summed E-state index contributed by atoms with van der Waals surface area (Å²) in [6, 6.07) is 13.6. The summed E-state index contributed by atoms with van der Waals surface area (Å²) in [5, 5.41) is 3.98. The van der Waals surface area contributed by atoms with Gasteiger partial charge in [0, 0.05) is 35.1 Å². The number of furan rings is 1. The Morgan fingerprint density at radius 3 is 2.79 bits per heavy atom. The number of aromatic nitrogens is 2. The van der Waals surface area contributed by atoms with Crippen LogP contribution in [0.2, 0.25) is 0 Å². The second kappa shape index (κ2) is 7.60. The molecule has 4 rings (SSSR count). The first-order valence-electron chi connectivity index (χ1n) is 9.06. The fourth-order valence-corrected chi connectivity index (χ4v) is 3.22. The Hall–Kier alpha value is -3.54. The van der Waals surface area contributed by atoms with Gasteiger partial charge >= 0.3 is 0 Å². The Morgan fingerprint density at radius 2 is 2.07 bits per heavy atom. The topological polar surface area (TPSA) is 69.3 Å². The van der Waals surface area contributed by atoms with Crippen molar-refractivity contribution in [2.45, 2.75) is 19.4 Å². The van der Waals surface area contributed by atoms with Gasteiger partial charge in [0.2, 0.25) is 5.91 Å². The third kappa shape index (κ3) is 3.62. The van der Waals surface area contributed by atoms with E-state index in [0.717, 1.165) is 28.0 Å². The van der Waals surface area contributed by atoms with Crippen LogP contribution in [-0.4, -0.2) is 22.6 Å². The minimum absolute atomic E-state index is 0.0512. The van der Waals surface area contributed by atoms with E-state index in [2.05, 4.69) is 10.3 Å². The second-order valence-corrected chi connectivity index (χ2v) is 6.65. The fraction of sp³-hybridized carbons (Fsp3) is 0.182. The SMILES string of the molecule is COc1ccc2c(CC(=O)N[C@H](C)c3ccc(-n4ccnc4)cc3)coc2c1. The van der Waals surface area contributed by atoms with Gasteiger partial charge in [-0.25, -0.2) is 4.98 Å². The Morgan fingerprint density at radius 1 is 1.25 bits per heavy atom. The van der Waals surface area contributed by atoms with Crippen LogP contribution in [0.25, 0.3) is 16.7 Å². The number of benzene rings is 2. The van der Waals surface area contributed by atoms with Crippen molar-refractivity contribution in [2.24, 2.45) is 0 Å². The molecule has 2 aromatic heterocycles. The highest BCUT2D eigenvalue weighted by atomic mass is 16.5. The van der Waals surface area contributed by atoms with E-state index in [1.807, 2.05) is 60.2 Å². The molecule has 0 unspecified atom stereocenters. The van der Waals surface area contributed by atoms with Crippen LogP contribution in [0.15, 0.2) is 71.9 Å². The highest BCUT2D eigenvalue weighted by Gasteiger charge is 2.14. The monoisotopic (exact) mass is 375 g/mol. The standard InChI is InChI=1S/C22H21N3O3/c1-15(16-3-5-18(6-4-16)25-10-9-23-14-25)24-22(26)11-17-13-28-21-12-19(27-2)7-8-20(17)21/h3-10,12-15H,11H2,1-2H3,(H,24,26)/t15-/m1/s1. The molecule has 1 N–H and O–H groups in total. The van der Waals surface area contributed by atoms with Crippen LogP contribution in [0.5, 0.6) is 5.75 Å². The van der Waals surface area contributed by atoms with Crippen LogP contribution in [0.1, 0.15) is 24.1 Å². The minimum Gasteiger partial charge on any atom is -0.497 e. The summed E-state index contributed by atoms with van der Waals surface area (Å²) < 4.78 is 12.7. The van der Waals surface area contributed by atoms with E-state index in [-0.39, 0.29) is 18.4 Å². The highest BCUT2D eigenvalue weighted by molar-refractivity contribution is 5.88. The molecule has 2 aromatic carbocycles. The van der Waals surface area contributed by atoms with Gasteiger partial charge in [-0.15, -0.1) is 0 Å². The maximum Gasteiger partial charge on any atom is 0.225 e. The lowest BCUT2D eigenvalue weighted by Crippen LogP contribution is -2.28. The molecule has 0 aliphatic heterocycles. The van der Waals surface area contributed by atoms with Crippen molar-refractivity contribution in [1.82, 2.24) is 14.9 Å². The van der Waals surface area contributed by atoms with Crippen LogP contribution in [0.4, 0.5) is 0 Å². The molecule has 4 aromatic rings. The molecule has 142 valence electrons. The van der Waals surface area contributed by atoms with E-state index in [1.54, 1.807) is 25.9 Å². The summed E-state index contributed by atoms with van der Waals surface area (Å²) in [5.74, 6) is 0.676. The summed E-state index contributed by atoms with van der Waals surface area (Å²) >= 11 is 0. The van der Waals surface area contributed by atoms with Crippen molar-refractivity contribution >= 4 is 16.9 Å². The lowest BCUT2D eigenvalue weighted by Gasteiger charge is -2.15. The van der Waals surface area contributed by atoms with Crippen LogP contribution < -0.4 is 10.1 Å². The number of carbonyl (C=O) groups is 1. The van der Waals surface area contributed by atoms with E-state index >= 15 is 0 Å². The smallest absolute Gasteiger partial charge is 0.225 e. The zero-order chi connectivity index (χ0) is 19.5. The molecule has 1 atom stereocenters. The maximum absolute atomic E-state index is 12.5. The van der Waals surface area contributed by atoms with E-state index < -0.39 is 0 Å². The summed E-state index contributed by atoms with van der Waals surface area (Å²) in [6.45, 7) is 1.97. The molecular formula is C22H21N3O3. The Kier molecular flexibility index (Phi) is 4.85. The first-order valence-corrected chi connectivity index (χ1v) is 9.06. The number of rotatable bonds is 6. The highest BCUT2D eigenvalue weighted by Crippen LogP contribution is 2.26. The average Bonchev–Trinajstić information content (AvgIpc) is 3.38. The molecule has 6 heteroatoms. The molecule has 6 nitrogen and oxygen atoms in total. The van der Waals surface area contributed by atoms with Crippen LogP contribution in [-0.2, 0) is 11.2 Å². The molecule has 1 amide bonds. The zero-order valence-corrected chi connectivity index (χ0v) is 15.8. The van der Waals surface area contributed by atoms with Gasteiger partial charge in [-0.1, -0.05) is 12.1 Å². The largest absolute Gasteiger partial charge is 0.497 e. The summed E-state index contributed by atoms with van der Waals surface area (Å²) in [7, 11) is 1.61. The van der Waals surface area contributed by atoms with Crippen molar-refractivity contribution in [3.05, 3.63) is 78.6 Å². The molecule has 0 saturated carbocycles. The van der Waals surface area contributed by atoms with E-state index in [1.165, 1.54) is 0 Å². The van der Waals surface area contributed by atoms with Gasteiger partial charge in [0.05, 0.1) is 32.2 Å². The maximum atomic E-state index is 12.5. The predicted octanol–water partition coefficient (Wildman–Crippen LogP) is 4.05. The van der Waals surface area contributed by atoms with E-state index in [9.17, 15) is 4.79 Å². The number of hydrogen-bond acceptors (Lipinski definition) is 4. The number of amides is 1. The van der Waals surface area contributed by atoms with E-state index in [4.69, 9.17) is 9.15 Å². The van der Waals surface area contributed by atoms with Crippen molar-refractivity contribution < 1.29 is 13.9 Å². The van der Waals surface area contributed by atoms with Crippen molar-refractivity contribution in [1.29, 1.82) is 0 Å². The molecule has 0 fully saturated rings. The number of hydrogen-bond donors (Lipinski definition) is 1. The molecule has 0 aliphatic carbocycles. The Balaban J connectivity index is 1.42. The zero-order valence-electron chi connectivity index (χ0n) is 15.8. The first-order chi connectivity index (χ1) is 13.6. The second-order valence-electron chi connectivity index (χ2n) is 6.65. The number of fused-ring (bicyclic) bond motifs is 1.